The molecule has 1 N–H and O–H groups in total. The van der Waals surface area contributed by atoms with Gasteiger partial charge >= 0.3 is 0 Å². The van der Waals surface area contributed by atoms with E-state index in [1.807, 2.05) is 60.3 Å². The zero-order valence-corrected chi connectivity index (χ0v) is 18.6. The molecule has 0 unspecified atom stereocenters. The number of hydrogen-bond donors (Lipinski definition) is 1. The monoisotopic (exact) mass is 461 g/mol. The zero-order valence-electron chi connectivity index (χ0n) is 17.1. The summed E-state index contributed by atoms with van der Waals surface area (Å²) < 4.78 is 0. The summed E-state index contributed by atoms with van der Waals surface area (Å²) in [6.07, 6.45) is 3.26. The minimum absolute atomic E-state index is 0.0516. The van der Waals surface area contributed by atoms with E-state index in [0.29, 0.717) is 16.5 Å². The van der Waals surface area contributed by atoms with E-state index >= 15 is 0 Å². The van der Waals surface area contributed by atoms with Crippen molar-refractivity contribution in [2.75, 3.05) is 16.9 Å². The van der Waals surface area contributed by atoms with Crippen LogP contribution in [0.5, 0.6) is 0 Å². The van der Waals surface area contributed by atoms with Crippen LogP contribution in [0.15, 0.2) is 73.1 Å². The van der Waals surface area contributed by atoms with E-state index in [4.69, 9.17) is 11.6 Å². The Hall–Kier alpha value is -2.67. The third-order valence-electron chi connectivity index (χ3n) is 7.01. The Kier molecular flexibility index (Phi) is 4.64. The molecule has 4 heterocycles. The number of ketones is 1. The van der Waals surface area contributed by atoms with E-state index in [9.17, 15) is 9.59 Å². The number of nitrogens with zero attached hydrogens (tertiary/aromatic N) is 2. The summed E-state index contributed by atoms with van der Waals surface area (Å²) in [6.45, 7) is 0. The predicted molar refractivity (Wildman–Crippen MR) is 126 cm³/mol. The Morgan fingerprint density at radius 3 is 2.72 bits per heavy atom. The van der Waals surface area contributed by atoms with Crippen molar-refractivity contribution in [3.8, 4) is 0 Å². The number of aromatic nitrogens is 1. The van der Waals surface area contributed by atoms with Crippen LogP contribution in [0.25, 0.3) is 0 Å². The number of anilines is 1. The summed E-state index contributed by atoms with van der Waals surface area (Å²) in [5, 5.41) is 3.73. The third-order valence-corrected chi connectivity index (χ3v) is 8.30. The molecule has 1 aromatic heterocycles. The Balaban J connectivity index is 1.62. The van der Waals surface area contributed by atoms with Crippen molar-refractivity contribution in [2.24, 2.45) is 5.92 Å². The largest absolute Gasteiger partial charge is 0.324 e. The molecule has 3 aromatic rings. The lowest BCUT2D eigenvalue weighted by atomic mass is 9.69. The van der Waals surface area contributed by atoms with Gasteiger partial charge in [0.1, 0.15) is 5.54 Å². The smallest absolute Gasteiger partial charge is 0.250 e. The quantitative estimate of drug-likeness (QED) is 0.579. The van der Waals surface area contributed by atoms with Gasteiger partial charge in [0.2, 0.25) is 5.91 Å². The van der Waals surface area contributed by atoms with Gasteiger partial charge in [-0.2, -0.15) is 0 Å². The molecule has 0 bridgehead atoms. The van der Waals surface area contributed by atoms with Crippen LogP contribution < -0.4 is 5.32 Å². The summed E-state index contributed by atoms with van der Waals surface area (Å²) in [4.78, 5) is 34.4. The number of pyridine rings is 1. The zero-order chi connectivity index (χ0) is 21.9. The van der Waals surface area contributed by atoms with Gasteiger partial charge in [-0.15, -0.1) is 11.8 Å². The van der Waals surface area contributed by atoms with Crippen molar-refractivity contribution >= 4 is 40.7 Å². The number of nitrogens with one attached hydrogen (secondary N) is 1. The van der Waals surface area contributed by atoms with Crippen molar-refractivity contribution in [1.82, 2.24) is 9.88 Å². The molecule has 3 aliphatic heterocycles. The van der Waals surface area contributed by atoms with Gasteiger partial charge in [-0.1, -0.05) is 41.9 Å². The van der Waals surface area contributed by atoms with Crippen LogP contribution in [-0.2, 0) is 10.3 Å². The molecule has 2 aromatic carbocycles. The molecule has 5 nitrogen and oxygen atoms in total. The fourth-order valence-electron chi connectivity index (χ4n) is 5.78. The first-order valence-corrected chi connectivity index (χ1v) is 12.1. The fraction of sp³-hybridized carbons (Fsp3) is 0.240. The van der Waals surface area contributed by atoms with E-state index in [-0.39, 0.29) is 23.7 Å². The number of carbonyl (C=O) groups excluding carboxylic acids is 2. The Labute approximate surface area is 195 Å². The minimum Gasteiger partial charge on any atom is -0.324 e. The molecule has 1 amide bonds. The SMILES string of the molecule is O=C(c1cccnc1)[C@@H]1[C@H](c2ccc(Cl)cc2)[C@@H]2CSCN2[C@@]12C(=O)Nc1ccccc12. The maximum absolute atomic E-state index is 14.2. The normalized spacial score (nSPS) is 28.5. The molecule has 2 saturated heterocycles. The number of hydrogen-bond acceptors (Lipinski definition) is 5. The Morgan fingerprint density at radius 2 is 1.94 bits per heavy atom. The number of halogens is 1. The van der Waals surface area contributed by atoms with Crippen LogP contribution in [0.3, 0.4) is 0 Å². The molecule has 32 heavy (non-hydrogen) atoms. The first-order valence-electron chi connectivity index (χ1n) is 10.6. The summed E-state index contributed by atoms with van der Waals surface area (Å²) in [5.41, 5.74) is 2.18. The number of amides is 1. The highest BCUT2D eigenvalue weighted by Crippen LogP contribution is 2.61. The van der Waals surface area contributed by atoms with Gasteiger partial charge in [0.05, 0.1) is 5.92 Å². The van der Waals surface area contributed by atoms with Gasteiger partial charge in [0, 0.05) is 57.8 Å². The van der Waals surface area contributed by atoms with Gasteiger partial charge in [0.25, 0.3) is 0 Å². The maximum atomic E-state index is 14.2. The molecular formula is C25H20ClN3O2S. The van der Waals surface area contributed by atoms with Crippen LogP contribution in [0, 0.1) is 5.92 Å². The summed E-state index contributed by atoms with van der Waals surface area (Å²) in [6, 6.07) is 19.1. The molecular weight excluding hydrogens is 442 g/mol. The molecule has 4 atom stereocenters. The second kappa shape index (κ2) is 7.44. The minimum atomic E-state index is -1.05. The van der Waals surface area contributed by atoms with E-state index < -0.39 is 11.5 Å². The molecule has 6 rings (SSSR count). The standard InChI is InChI=1S/C25H20ClN3O2S/c26-17-9-7-15(8-10-17)21-20-13-32-14-29(20)25(18-5-1-2-6-19(18)28-24(25)31)22(21)23(30)16-4-3-11-27-12-16/h1-12,20-22H,13-14H2,(H,28,31)/t20-,21+,22-,25+/m0/s1. The highest BCUT2D eigenvalue weighted by molar-refractivity contribution is 7.99. The maximum Gasteiger partial charge on any atom is 0.250 e. The lowest BCUT2D eigenvalue weighted by molar-refractivity contribution is -0.127. The first-order chi connectivity index (χ1) is 15.6. The van der Waals surface area contributed by atoms with Crippen LogP contribution >= 0.6 is 23.4 Å². The summed E-state index contributed by atoms with van der Waals surface area (Å²) in [7, 11) is 0. The van der Waals surface area contributed by atoms with Crippen LogP contribution in [0.4, 0.5) is 5.69 Å². The number of Topliss-reactive ketones (excluding diaryl/α,β-unsaturated/α-hetero) is 1. The van der Waals surface area contributed by atoms with E-state index in [2.05, 4.69) is 15.2 Å². The van der Waals surface area contributed by atoms with Crippen LogP contribution in [0.1, 0.15) is 27.4 Å². The second-order valence-electron chi connectivity index (χ2n) is 8.46. The van der Waals surface area contributed by atoms with Crippen molar-refractivity contribution in [1.29, 1.82) is 0 Å². The van der Waals surface area contributed by atoms with Gasteiger partial charge in [0.15, 0.2) is 5.78 Å². The molecule has 3 aliphatic rings. The Bertz CT molecular complexity index is 1220. The summed E-state index contributed by atoms with van der Waals surface area (Å²) >= 11 is 7.99. The highest BCUT2D eigenvalue weighted by Gasteiger charge is 2.69. The lowest BCUT2D eigenvalue weighted by Gasteiger charge is -2.36. The van der Waals surface area contributed by atoms with E-state index in [1.165, 1.54) is 0 Å². The predicted octanol–water partition coefficient (Wildman–Crippen LogP) is 4.55. The second-order valence-corrected chi connectivity index (χ2v) is 9.90. The number of benzene rings is 2. The van der Waals surface area contributed by atoms with Crippen LogP contribution in [0.2, 0.25) is 5.02 Å². The van der Waals surface area contributed by atoms with Gasteiger partial charge < -0.3 is 5.32 Å². The molecule has 1 spiro atoms. The Morgan fingerprint density at radius 1 is 1.12 bits per heavy atom. The van der Waals surface area contributed by atoms with Crippen LogP contribution in [-0.4, -0.2) is 39.2 Å². The number of thioether (sulfide) groups is 1. The molecule has 0 aliphatic carbocycles. The van der Waals surface area contributed by atoms with Gasteiger partial charge in [-0.3, -0.25) is 19.5 Å². The van der Waals surface area contributed by atoms with Gasteiger partial charge in [-0.05, 0) is 35.9 Å². The van der Waals surface area contributed by atoms with E-state index in [0.717, 1.165) is 22.6 Å². The van der Waals surface area contributed by atoms with Crippen molar-refractivity contribution in [3.63, 3.8) is 0 Å². The molecule has 7 heteroatoms. The average molecular weight is 462 g/mol. The van der Waals surface area contributed by atoms with Gasteiger partial charge in [-0.25, -0.2) is 0 Å². The average Bonchev–Trinajstić information content (AvgIpc) is 3.48. The lowest BCUT2D eigenvalue weighted by Crippen LogP contribution is -2.52. The highest BCUT2D eigenvalue weighted by atomic mass is 35.5. The molecule has 0 radical (unpaired) electrons. The number of para-hydroxylation sites is 1. The number of fused-ring (bicyclic) bond motifs is 4. The fourth-order valence-corrected chi connectivity index (χ4v) is 7.23. The van der Waals surface area contributed by atoms with Crippen molar-refractivity contribution < 1.29 is 9.59 Å². The number of rotatable bonds is 3. The van der Waals surface area contributed by atoms with Crippen molar-refractivity contribution in [2.45, 2.75) is 17.5 Å². The van der Waals surface area contributed by atoms with Crippen molar-refractivity contribution in [3.05, 3.63) is 94.8 Å². The molecule has 160 valence electrons. The third kappa shape index (κ3) is 2.66. The number of carbonyl (C=O) groups is 2. The first kappa shape index (κ1) is 20.0. The topological polar surface area (TPSA) is 62.3 Å². The van der Waals surface area contributed by atoms with E-state index in [1.54, 1.807) is 24.5 Å². The summed E-state index contributed by atoms with van der Waals surface area (Å²) in [5.74, 6) is 0.665. The molecule has 2 fully saturated rings. The molecule has 0 saturated carbocycles.